The lowest BCUT2D eigenvalue weighted by Crippen LogP contribution is -2.55. The van der Waals surface area contributed by atoms with Crippen LogP contribution in [0.15, 0.2) is 48.8 Å². The number of hydrogen-bond donors (Lipinski definition) is 2. The fourth-order valence-electron chi connectivity index (χ4n) is 4.72. The number of benzene rings is 2. The SMILES string of the molecule is O[C@@H]1CN(c2cc(Nc3cc(F)c(F)c(F)c3)ncn2)CC[C@H]1N1CCc2ccccc2C1. The maximum Gasteiger partial charge on any atom is 0.194 e. The highest BCUT2D eigenvalue weighted by Gasteiger charge is 2.34. The molecule has 3 aromatic rings. The van der Waals surface area contributed by atoms with E-state index in [-0.39, 0.29) is 11.7 Å². The number of hydrogen-bond acceptors (Lipinski definition) is 6. The highest BCUT2D eigenvalue weighted by atomic mass is 19.2. The molecule has 0 amide bonds. The Bertz CT molecular complexity index is 1140. The Hall–Kier alpha value is -3.17. The van der Waals surface area contributed by atoms with Gasteiger partial charge in [0.1, 0.15) is 18.0 Å². The van der Waals surface area contributed by atoms with Crippen molar-refractivity contribution in [1.29, 1.82) is 0 Å². The Morgan fingerprint density at radius 2 is 1.73 bits per heavy atom. The second kappa shape index (κ2) is 8.99. The zero-order valence-electron chi connectivity index (χ0n) is 17.9. The van der Waals surface area contributed by atoms with Crippen LogP contribution in [-0.4, -0.2) is 51.8 Å². The summed E-state index contributed by atoms with van der Waals surface area (Å²) in [5, 5.41) is 13.7. The van der Waals surface area contributed by atoms with E-state index in [0.29, 0.717) is 24.7 Å². The number of nitrogens with one attached hydrogen (secondary N) is 1. The first-order chi connectivity index (χ1) is 16.0. The molecule has 0 bridgehead atoms. The van der Waals surface area contributed by atoms with Gasteiger partial charge in [-0.1, -0.05) is 24.3 Å². The summed E-state index contributed by atoms with van der Waals surface area (Å²) in [6.07, 6.45) is 2.56. The van der Waals surface area contributed by atoms with E-state index in [9.17, 15) is 18.3 Å². The van der Waals surface area contributed by atoms with Gasteiger partial charge in [0, 0.05) is 56.1 Å². The Balaban J connectivity index is 1.25. The number of fused-ring (bicyclic) bond motifs is 1. The van der Waals surface area contributed by atoms with Gasteiger partial charge in [-0.3, -0.25) is 4.90 Å². The average Bonchev–Trinajstić information content (AvgIpc) is 2.82. The Morgan fingerprint density at radius 1 is 0.970 bits per heavy atom. The first-order valence-corrected chi connectivity index (χ1v) is 11.0. The van der Waals surface area contributed by atoms with Crippen molar-refractivity contribution in [3.8, 4) is 0 Å². The zero-order chi connectivity index (χ0) is 22.9. The molecule has 0 aliphatic carbocycles. The third kappa shape index (κ3) is 4.51. The summed E-state index contributed by atoms with van der Waals surface area (Å²) in [6, 6.07) is 11.9. The van der Waals surface area contributed by atoms with Crippen LogP contribution < -0.4 is 10.2 Å². The van der Waals surface area contributed by atoms with Crippen molar-refractivity contribution >= 4 is 17.3 Å². The molecule has 1 saturated heterocycles. The van der Waals surface area contributed by atoms with Crippen LogP contribution in [0.3, 0.4) is 0 Å². The summed E-state index contributed by atoms with van der Waals surface area (Å²) >= 11 is 0. The van der Waals surface area contributed by atoms with Crippen molar-refractivity contribution in [2.75, 3.05) is 29.9 Å². The highest BCUT2D eigenvalue weighted by Crippen LogP contribution is 2.28. The van der Waals surface area contributed by atoms with Crippen molar-refractivity contribution in [1.82, 2.24) is 14.9 Å². The van der Waals surface area contributed by atoms with Crippen LogP contribution in [0.4, 0.5) is 30.5 Å². The molecule has 1 fully saturated rings. The van der Waals surface area contributed by atoms with Gasteiger partial charge in [0.2, 0.25) is 0 Å². The maximum atomic E-state index is 13.5. The van der Waals surface area contributed by atoms with Crippen molar-refractivity contribution in [2.45, 2.75) is 31.5 Å². The molecule has 2 atom stereocenters. The number of aliphatic hydroxyl groups excluding tert-OH is 1. The molecule has 6 nitrogen and oxygen atoms in total. The van der Waals surface area contributed by atoms with Crippen LogP contribution in [0.1, 0.15) is 17.5 Å². The molecule has 5 rings (SSSR count). The highest BCUT2D eigenvalue weighted by molar-refractivity contribution is 5.59. The molecule has 33 heavy (non-hydrogen) atoms. The lowest BCUT2D eigenvalue weighted by Gasteiger charge is -2.43. The maximum absolute atomic E-state index is 13.5. The van der Waals surface area contributed by atoms with Crippen molar-refractivity contribution in [3.05, 3.63) is 77.4 Å². The molecule has 0 radical (unpaired) electrons. The number of aliphatic hydroxyl groups is 1. The minimum absolute atomic E-state index is 0.0418. The van der Waals surface area contributed by atoms with E-state index in [1.165, 1.54) is 17.5 Å². The van der Waals surface area contributed by atoms with Crippen LogP contribution in [0.25, 0.3) is 0 Å². The second-order valence-electron chi connectivity index (χ2n) is 8.50. The van der Waals surface area contributed by atoms with Crippen molar-refractivity contribution in [3.63, 3.8) is 0 Å². The number of nitrogens with zero attached hydrogens (tertiary/aromatic N) is 4. The summed E-state index contributed by atoms with van der Waals surface area (Å²) in [7, 11) is 0. The molecule has 0 unspecified atom stereocenters. The number of aromatic nitrogens is 2. The van der Waals surface area contributed by atoms with Crippen LogP contribution in [0.5, 0.6) is 0 Å². The minimum atomic E-state index is -1.52. The number of anilines is 3. The first-order valence-electron chi connectivity index (χ1n) is 11.0. The normalized spacial score (nSPS) is 21.0. The molecular formula is C24H24F3N5O. The lowest BCUT2D eigenvalue weighted by molar-refractivity contribution is 0.0293. The Morgan fingerprint density at radius 3 is 2.48 bits per heavy atom. The molecular weight excluding hydrogens is 431 g/mol. The summed E-state index contributed by atoms with van der Waals surface area (Å²) in [5.74, 6) is -3.17. The minimum Gasteiger partial charge on any atom is -0.390 e. The quantitative estimate of drug-likeness (QED) is 0.586. The topological polar surface area (TPSA) is 64.5 Å². The monoisotopic (exact) mass is 455 g/mol. The smallest absolute Gasteiger partial charge is 0.194 e. The van der Waals surface area contributed by atoms with Crippen LogP contribution in [-0.2, 0) is 13.0 Å². The predicted octanol–water partition coefficient (Wildman–Crippen LogP) is 3.64. The standard InChI is InChI=1S/C24H24F3N5O/c25-18-9-17(10-19(26)24(18)27)30-22-11-23(29-14-28-22)32-8-6-20(21(33)13-32)31-7-5-15-3-1-2-4-16(15)12-31/h1-4,9-11,14,20-21,33H,5-8,12-13H2,(H,28,29,30)/t20-,21-/m1/s1. The fourth-order valence-corrected chi connectivity index (χ4v) is 4.72. The Labute approximate surface area is 189 Å². The van der Waals surface area contributed by atoms with Gasteiger partial charge in [-0.15, -0.1) is 0 Å². The van der Waals surface area contributed by atoms with Crippen molar-refractivity contribution < 1.29 is 18.3 Å². The molecule has 2 N–H and O–H groups in total. The molecule has 2 aliphatic rings. The van der Waals surface area contributed by atoms with E-state index in [1.807, 2.05) is 4.90 Å². The zero-order valence-corrected chi connectivity index (χ0v) is 17.9. The molecule has 0 saturated carbocycles. The number of halogens is 3. The van der Waals surface area contributed by atoms with Gasteiger partial charge in [-0.25, -0.2) is 23.1 Å². The average molecular weight is 455 g/mol. The van der Waals surface area contributed by atoms with Gasteiger partial charge in [0.25, 0.3) is 0 Å². The van der Waals surface area contributed by atoms with Crippen LogP contribution in [0.2, 0.25) is 0 Å². The van der Waals surface area contributed by atoms with Gasteiger partial charge in [0.05, 0.1) is 6.10 Å². The second-order valence-corrected chi connectivity index (χ2v) is 8.50. The Kier molecular flexibility index (Phi) is 5.90. The van der Waals surface area contributed by atoms with E-state index in [1.54, 1.807) is 6.07 Å². The molecule has 1 aromatic heterocycles. The molecule has 3 heterocycles. The van der Waals surface area contributed by atoms with Crippen LogP contribution >= 0.6 is 0 Å². The first kappa shape index (κ1) is 21.7. The molecule has 2 aromatic carbocycles. The van der Waals surface area contributed by atoms with Crippen molar-refractivity contribution in [2.24, 2.45) is 0 Å². The van der Waals surface area contributed by atoms with E-state index >= 15 is 0 Å². The summed E-state index contributed by atoms with van der Waals surface area (Å²) in [6.45, 7) is 2.88. The third-order valence-corrected chi connectivity index (χ3v) is 6.41. The molecule has 2 aliphatic heterocycles. The third-order valence-electron chi connectivity index (χ3n) is 6.41. The predicted molar refractivity (Wildman–Crippen MR) is 119 cm³/mol. The van der Waals surface area contributed by atoms with E-state index < -0.39 is 23.6 Å². The number of rotatable bonds is 4. The summed E-state index contributed by atoms with van der Waals surface area (Å²) in [4.78, 5) is 12.7. The fraction of sp³-hybridized carbons (Fsp3) is 0.333. The lowest BCUT2D eigenvalue weighted by atomic mass is 9.94. The number of piperidine rings is 1. The van der Waals surface area contributed by atoms with E-state index in [2.05, 4.69) is 44.5 Å². The van der Waals surface area contributed by atoms with Crippen LogP contribution in [0, 0.1) is 17.5 Å². The van der Waals surface area contributed by atoms with Gasteiger partial charge in [0.15, 0.2) is 17.5 Å². The van der Waals surface area contributed by atoms with E-state index in [0.717, 1.165) is 38.1 Å². The van der Waals surface area contributed by atoms with E-state index in [4.69, 9.17) is 0 Å². The van der Waals surface area contributed by atoms with Gasteiger partial charge < -0.3 is 15.3 Å². The largest absolute Gasteiger partial charge is 0.390 e. The summed E-state index contributed by atoms with van der Waals surface area (Å²) in [5.41, 5.74) is 2.74. The molecule has 9 heteroatoms. The summed E-state index contributed by atoms with van der Waals surface area (Å²) < 4.78 is 40.2. The molecule has 172 valence electrons. The molecule has 0 spiro atoms. The number of β-amino-alcohol motifs (C(OH)–C–C–N with tert-alkyl or cyclic N) is 1. The van der Waals surface area contributed by atoms with Gasteiger partial charge in [-0.2, -0.15) is 0 Å². The van der Waals surface area contributed by atoms with Gasteiger partial charge in [-0.05, 0) is 24.0 Å². The van der Waals surface area contributed by atoms with Gasteiger partial charge >= 0.3 is 0 Å².